The van der Waals surface area contributed by atoms with Gasteiger partial charge in [-0.05, 0) is 45.2 Å². The maximum absolute atomic E-state index is 11.2. The fraction of sp³-hybridized carbons (Fsp3) is 0.909. The van der Waals surface area contributed by atoms with E-state index >= 15 is 0 Å². The third-order valence-electron chi connectivity index (χ3n) is 2.34. The van der Waals surface area contributed by atoms with Crippen molar-refractivity contribution < 1.29 is 13.6 Å². The molecule has 102 valence electrons. The van der Waals surface area contributed by atoms with Crippen LogP contribution in [0, 0.1) is 0 Å². The SMILES string of the molecule is COC(=O)N(C)CCC[Si](C)(C)O[Si](C)(C)C. The molecule has 0 aliphatic rings. The van der Waals surface area contributed by atoms with Crippen molar-refractivity contribution in [3.8, 4) is 0 Å². The van der Waals surface area contributed by atoms with Crippen molar-refractivity contribution in [3.05, 3.63) is 0 Å². The van der Waals surface area contributed by atoms with Crippen LogP contribution in [0.5, 0.6) is 0 Å². The molecule has 0 aliphatic heterocycles. The van der Waals surface area contributed by atoms with E-state index in [1.807, 2.05) is 0 Å². The zero-order chi connectivity index (χ0) is 13.7. The van der Waals surface area contributed by atoms with E-state index in [0.717, 1.165) is 19.0 Å². The lowest BCUT2D eigenvalue weighted by Gasteiger charge is -2.31. The summed E-state index contributed by atoms with van der Waals surface area (Å²) in [5, 5.41) is 0. The van der Waals surface area contributed by atoms with E-state index in [9.17, 15) is 4.79 Å². The highest BCUT2D eigenvalue weighted by atomic mass is 28.4. The van der Waals surface area contributed by atoms with Crippen molar-refractivity contribution in [1.29, 1.82) is 0 Å². The van der Waals surface area contributed by atoms with Crippen LogP contribution in [-0.4, -0.2) is 48.3 Å². The van der Waals surface area contributed by atoms with E-state index < -0.39 is 16.6 Å². The van der Waals surface area contributed by atoms with Gasteiger partial charge in [0.25, 0.3) is 0 Å². The first-order chi connectivity index (χ1) is 7.57. The number of carbonyl (C=O) groups is 1. The van der Waals surface area contributed by atoms with E-state index in [1.54, 1.807) is 11.9 Å². The van der Waals surface area contributed by atoms with Gasteiger partial charge in [0.2, 0.25) is 0 Å². The van der Waals surface area contributed by atoms with Gasteiger partial charge in [0.1, 0.15) is 0 Å². The van der Waals surface area contributed by atoms with Crippen LogP contribution in [-0.2, 0) is 8.85 Å². The molecular formula is C11H27NO3Si2. The van der Waals surface area contributed by atoms with Crippen LogP contribution in [0.4, 0.5) is 4.79 Å². The van der Waals surface area contributed by atoms with Crippen LogP contribution >= 0.6 is 0 Å². The minimum atomic E-state index is -1.57. The summed E-state index contributed by atoms with van der Waals surface area (Å²) in [7, 11) is 0.163. The molecule has 0 radical (unpaired) electrons. The molecular weight excluding hydrogens is 250 g/mol. The predicted molar refractivity (Wildman–Crippen MR) is 76.4 cm³/mol. The fourth-order valence-electron chi connectivity index (χ4n) is 1.87. The number of hydrogen-bond acceptors (Lipinski definition) is 3. The predicted octanol–water partition coefficient (Wildman–Crippen LogP) is 3.13. The standard InChI is InChI=1S/C11H27NO3Si2/c1-12(11(13)14-2)9-8-10-17(6,7)15-16(3,4)5/h8-10H2,1-7H3. The molecule has 0 heterocycles. The van der Waals surface area contributed by atoms with Crippen molar-refractivity contribution in [3.63, 3.8) is 0 Å². The molecule has 0 fully saturated rings. The van der Waals surface area contributed by atoms with Crippen LogP contribution < -0.4 is 0 Å². The van der Waals surface area contributed by atoms with Gasteiger partial charge < -0.3 is 13.8 Å². The first kappa shape index (κ1) is 16.7. The first-order valence-electron chi connectivity index (χ1n) is 6.07. The lowest BCUT2D eigenvalue weighted by Crippen LogP contribution is -2.42. The molecule has 0 unspecified atom stereocenters. The number of rotatable bonds is 6. The largest absolute Gasteiger partial charge is 0.456 e. The molecule has 6 heteroatoms. The highest BCUT2D eigenvalue weighted by Gasteiger charge is 2.29. The van der Waals surface area contributed by atoms with E-state index in [-0.39, 0.29) is 6.09 Å². The summed E-state index contributed by atoms with van der Waals surface area (Å²) in [4.78, 5) is 12.8. The third kappa shape index (κ3) is 8.40. The summed E-state index contributed by atoms with van der Waals surface area (Å²) in [5.41, 5.74) is 0. The normalized spacial score (nSPS) is 12.4. The first-order valence-corrected chi connectivity index (χ1v) is 12.6. The maximum atomic E-state index is 11.2. The molecule has 0 aromatic rings. The molecule has 0 spiro atoms. The summed E-state index contributed by atoms with van der Waals surface area (Å²) in [6.45, 7) is 11.9. The van der Waals surface area contributed by atoms with Gasteiger partial charge in [0.15, 0.2) is 16.6 Å². The van der Waals surface area contributed by atoms with Gasteiger partial charge in [-0.3, -0.25) is 0 Å². The van der Waals surface area contributed by atoms with E-state index in [2.05, 4.69) is 37.5 Å². The number of hydrogen-bond donors (Lipinski definition) is 0. The van der Waals surface area contributed by atoms with Crippen molar-refractivity contribution >= 4 is 22.7 Å². The number of amides is 1. The molecule has 1 amide bonds. The Bertz CT molecular complexity index is 252. The second kappa shape index (κ2) is 6.56. The average Bonchev–Trinajstić information content (AvgIpc) is 2.12. The maximum Gasteiger partial charge on any atom is 0.409 e. The molecule has 0 rings (SSSR count). The number of ether oxygens (including phenoxy) is 1. The van der Waals surface area contributed by atoms with Gasteiger partial charge in [0.05, 0.1) is 7.11 Å². The fourth-order valence-corrected chi connectivity index (χ4v) is 9.92. The van der Waals surface area contributed by atoms with E-state index in [0.29, 0.717) is 0 Å². The minimum Gasteiger partial charge on any atom is -0.456 e. The Balaban J connectivity index is 3.99. The summed E-state index contributed by atoms with van der Waals surface area (Å²) in [6.07, 6.45) is 0.713. The lowest BCUT2D eigenvalue weighted by molar-refractivity contribution is 0.133. The molecule has 0 aromatic carbocycles. The summed E-state index contributed by atoms with van der Waals surface area (Å²) in [5.74, 6) is 0. The Morgan fingerprint density at radius 1 is 1.18 bits per heavy atom. The lowest BCUT2D eigenvalue weighted by atomic mass is 10.4. The number of carbonyl (C=O) groups excluding carboxylic acids is 1. The Kier molecular flexibility index (Phi) is 6.43. The Morgan fingerprint density at radius 2 is 1.71 bits per heavy atom. The molecule has 17 heavy (non-hydrogen) atoms. The summed E-state index contributed by atoms with van der Waals surface area (Å²) in [6, 6.07) is 1.08. The van der Waals surface area contributed by atoms with Crippen molar-refractivity contribution in [1.82, 2.24) is 4.90 Å². The van der Waals surface area contributed by atoms with Crippen LogP contribution in [0.2, 0.25) is 38.8 Å². The molecule has 0 saturated carbocycles. The van der Waals surface area contributed by atoms with Gasteiger partial charge in [-0.25, -0.2) is 4.79 Å². The van der Waals surface area contributed by atoms with Crippen LogP contribution in [0.15, 0.2) is 0 Å². The molecule has 0 N–H and O–H groups in total. The molecule has 4 nitrogen and oxygen atoms in total. The van der Waals surface area contributed by atoms with Crippen molar-refractivity contribution in [2.24, 2.45) is 0 Å². The van der Waals surface area contributed by atoms with Gasteiger partial charge in [-0.15, -0.1) is 0 Å². The van der Waals surface area contributed by atoms with Crippen molar-refractivity contribution in [2.45, 2.75) is 45.2 Å². The third-order valence-corrected chi connectivity index (χ3v) is 8.56. The van der Waals surface area contributed by atoms with Crippen molar-refractivity contribution in [2.75, 3.05) is 20.7 Å². The molecule has 0 atom stereocenters. The topological polar surface area (TPSA) is 38.8 Å². The number of nitrogens with zero attached hydrogens (tertiary/aromatic N) is 1. The zero-order valence-electron chi connectivity index (χ0n) is 12.3. The highest BCUT2D eigenvalue weighted by Crippen LogP contribution is 2.19. The summed E-state index contributed by atoms with van der Waals surface area (Å²) < 4.78 is 10.9. The quantitative estimate of drug-likeness (QED) is 0.700. The molecule has 0 saturated heterocycles. The Morgan fingerprint density at radius 3 is 2.12 bits per heavy atom. The minimum absolute atomic E-state index is 0.268. The molecule has 0 aliphatic carbocycles. The van der Waals surface area contributed by atoms with E-state index in [4.69, 9.17) is 4.12 Å². The van der Waals surface area contributed by atoms with E-state index in [1.165, 1.54) is 7.11 Å². The Hall–Kier alpha value is -0.336. The molecule has 0 aromatic heterocycles. The zero-order valence-corrected chi connectivity index (χ0v) is 14.3. The van der Waals surface area contributed by atoms with Crippen LogP contribution in [0.25, 0.3) is 0 Å². The summed E-state index contributed by atoms with van der Waals surface area (Å²) >= 11 is 0. The Labute approximate surface area is 108 Å². The van der Waals surface area contributed by atoms with Crippen LogP contribution in [0.1, 0.15) is 6.42 Å². The van der Waals surface area contributed by atoms with Gasteiger partial charge in [-0.2, -0.15) is 0 Å². The molecule has 0 bridgehead atoms. The smallest absolute Gasteiger partial charge is 0.409 e. The van der Waals surface area contributed by atoms with Gasteiger partial charge in [-0.1, -0.05) is 0 Å². The van der Waals surface area contributed by atoms with Gasteiger partial charge >= 0.3 is 6.09 Å². The van der Waals surface area contributed by atoms with Gasteiger partial charge in [0, 0.05) is 13.6 Å². The second-order valence-electron chi connectivity index (χ2n) is 5.97. The monoisotopic (exact) mass is 277 g/mol. The second-order valence-corrected chi connectivity index (χ2v) is 15.0. The van der Waals surface area contributed by atoms with Crippen LogP contribution in [0.3, 0.4) is 0 Å². The highest BCUT2D eigenvalue weighted by molar-refractivity contribution is 6.84. The average molecular weight is 278 g/mol. The number of methoxy groups -OCH3 is 1.